The van der Waals surface area contributed by atoms with Gasteiger partial charge in [-0.25, -0.2) is 0 Å². The normalized spacial score (nSPS) is 16.0. The minimum atomic E-state index is 1.03. The van der Waals surface area contributed by atoms with Gasteiger partial charge in [-0.2, -0.15) is 0 Å². The van der Waals surface area contributed by atoms with Crippen LogP contribution >= 0.6 is 0 Å². The summed E-state index contributed by atoms with van der Waals surface area (Å²) in [5.41, 5.74) is 0. The number of nitrogens with zero attached hydrogens (tertiary/aromatic N) is 3. The van der Waals surface area contributed by atoms with Gasteiger partial charge in [0, 0.05) is 0 Å². The fourth-order valence-corrected chi connectivity index (χ4v) is 0.115. The van der Waals surface area contributed by atoms with Crippen molar-refractivity contribution in [3.63, 3.8) is 0 Å². The third-order valence-electron chi connectivity index (χ3n) is 0.255. The van der Waals surface area contributed by atoms with E-state index in [4.69, 9.17) is 0 Å². The highest BCUT2D eigenvalue weighted by atomic mass is 17.3. The minimum Gasteiger partial charge on any atom is -0.252 e. The van der Waals surface area contributed by atoms with Crippen LogP contribution in [0.5, 0.6) is 0 Å². The Balaban J connectivity index is 2.46. The lowest BCUT2D eigenvalue weighted by molar-refractivity contribution is -0.231. The van der Waals surface area contributed by atoms with Crippen molar-refractivity contribution >= 4 is 6.40 Å². The Kier molecular flexibility index (Phi) is 0.689. The summed E-state index contributed by atoms with van der Waals surface area (Å²) in [6, 6.07) is 0. The summed E-state index contributed by atoms with van der Waals surface area (Å²) in [7, 11) is 0. The summed E-state index contributed by atoms with van der Waals surface area (Å²) in [6.45, 7) is 0. The van der Waals surface area contributed by atoms with Crippen molar-refractivity contribution in [2.24, 2.45) is 15.6 Å². The van der Waals surface area contributed by atoms with Crippen LogP contribution in [-0.2, 0) is 9.88 Å². The lowest BCUT2D eigenvalue weighted by Gasteiger charge is -1.88. The molecular weight excluding hydrogens is 86.0 g/mol. The van der Waals surface area contributed by atoms with Crippen LogP contribution < -0.4 is 0 Å². The number of hydrogen-bond donors (Lipinski definition) is 0. The SMILES string of the molecule is C1=NN=NOO1. The molecule has 0 saturated heterocycles. The van der Waals surface area contributed by atoms with Gasteiger partial charge in [0.15, 0.2) is 0 Å². The van der Waals surface area contributed by atoms with Crippen LogP contribution in [0.25, 0.3) is 0 Å². The van der Waals surface area contributed by atoms with Crippen LogP contribution in [0.4, 0.5) is 0 Å². The molecule has 0 aromatic rings. The summed E-state index contributed by atoms with van der Waals surface area (Å²) < 4.78 is 0. The average Bonchev–Trinajstić information content (AvgIpc) is 1.72. The molecule has 0 saturated carbocycles. The summed E-state index contributed by atoms with van der Waals surface area (Å²) in [6.07, 6.45) is 1.03. The van der Waals surface area contributed by atoms with Gasteiger partial charge < -0.3 is 0 Å². The highest BCUT2D eigenvalue weighted by Gasteiger charge is 1.79. The number of rotatable bonds is 0. The summed E-state index contributed by atoms with van der Waals surface area (Å²) >= 11 is 0. The van der Waals surface area contributed by atoms with Gasteiger partial charge in [-0.15, -0.1) is 4.99 Å². The minimum absolute atomic E-state index is 1.03. The molecule has 0 spiro atoms. The van der Waals surface area contributed by atoms with E-state index in [9.17, 15) is 0 Å². The van der Waals surface area contributed by atoms with Crippen molar-refractivity contribution in [1.29, 1.82) is 0 Å². The second-order valence-electron chi connectivity index (χ2n) is 0.563. The van der Waals surface area contributed by atoms with Crippen LogP contribution in [0.3, 0.4) is 0 Å². The van der Waals surface area contributed by atoms with Crippen LogP contribution in [-0.4, -0.2) is 6.40 Å². The molecule has 6 heavy (non-hydrogen) atoms. The Morgan fingerprint density at radius 2 is 2.50 bits per heavy atom. The van der Waals surface area contributed by atoms with Gasteiger partial charge >= 0.3 is 0 Å². The molecule has 0 aromatic carbocycles. The van der Waals surface area contributed by atoms with Gasteiger partial charge in [0.25, 0.3) is 6.40 Å². The van der Waals surface area contributed by atoms with E-state index in [1.54, 1.807) is 0 Å². The molecule has 0 fully saturated rings. The monoisotopic (exact) mass is 87.0 g/mol. The Morgan fingerprint density at radius 1 is 1.50 bits per heavy atom. The molecule has 0 bridgehead atoms. The Morgan fingerprint density at radius 3 is 2.67 bits per heavy atom. The first kappa shape index (κ1) is 3.08. The molecular formula is CHN3O2. The van der Waals surface area contributed by atoms with E-state index in [1.165, 1.54) is 0 Å². The number of hydrogen-bond acceptors (Lipinski definition) is 5. The second kappa shape index (κ2) is 1.34. The predicted octanol–water partition coefficient (Wildman–Crippen LogP) is 0.259. The summed E-state index contributed by atoms with van der Waals surface area (Å²) in [5, 5.41) is 9.07. The first-order valence-corrected chi connectivity index (χ1v) is 1.24. The Hall–Kier alpha value is -1.13. The molecule has 0 aromatic heterocycles. The predicted molar refractivity (Wildman–Crippen MR) is 15.5 cm³/mol. The van der Waals surface area contributed by atoms with Crippen molar-refractivity contribution in [3.8, 4) is 0 Å². The summed E-state index contributed by atoms with van der Waals surface area (Å²) in [4.78, 5) is 7.90. The van der Waals surface area contributed by atoms with E-state index in [1.807, 2.05) is 0 Å². The fraction of sp³-hybridized carbons (Fsp3) is 0. The highest BCUT2D eigenvalue weighted by Crippen LogP contribution is 1.85. The topological polar surface area (TPSA) is 55.5 Å². The first-order chi connectivity index (χ1) is 3.00. The van der Waals surface area contributed by atoms with Crippen molar-refractivity contribution in [2.45, 2.75) is 0 Å². The van der Waals surface area contributed by atoms with Crippen molar-refractivity contribution in [1.82, 2.24) is 0 Å². The lowest BCUT2D eigenvalue weighted by Crippen LogP contribution is -1.85. The zero-order chi connectivity index (χ0) is 4.24. The van der Waals surface area contributed by atoms with E-state index in [-0.39, 0.29) is 0 Å². The van der Waals surface area contributed by atoms with Crippen molar-refractivity contribution < 1.29 is 9.88 Å². The van der Waals surface area contributed by atoms with Crippen LogP contribution in [0.15, 0.2) is 15.6 Å². The van der Waals surface area contributed by atoms with E-state index >= 15 is 0 Å². The molecule has 5 heteroatoms. The molecule has 1 heterocycles. The molecule has 0 aliphatic carbocycles. The van der Waals surface area contributed by atoms with Gasteiger partial charge in [0.2, 0.25) is 0 Å². The smallest absolute Gasteiger partial charge is 0.252 e. The first-order valence-electron chi connectivity index (χ1n) is 1.24. The van der Waals surface area contributed by atoms with Gasteiger partial charge in [0.1, 0.15) is 0 Å². The Labute approximate surface area is 33.2 Å². The van der Waals surface area contributed by atoms with Gasteiger partial charge in [-0.1, -0.05) is 5.10 Å². The molecule has 0 radical (unpaired) electrons. The molecule has 1 aliphatic heterocycles. The molecule has 0 N–H and O–H groups in total. The van der Waals surface area contributed by atoms with E-state index < -0.39 is 0 Å². The quantitative estimate of drug-likeness (QED) is 0.398. The van der Waals surface area contributed by atoms with Crippen molar-refractivity contribution in [3.05, 3.63) is 0 Å². The van der Waals surface area contributed by atoms with Gasteiger partial charge in [-0.3, -0.25) is 4.89 Å². The molecule has 0 unspecified atom stereocenters. The molecule has 0 atom stereocenters. The maximum atomic E-state index is 4.02. The standard InChI is InChI=1S/CHN3O2/c1-2-3-4-6-5-1/h1H. The van der Waals surface area contributed by atoms with Crippen molar-refractivity contribution in [2.75, 3.05) is 0 Å². The van der Waals surface area contributed by atoms with Gasteiger partial charge in [0.05, 0.1) is 5.28 Å². The molecule has 1 aliphatic rings. The largest absolute Gasteiger partial charge is 0.257 e. The van der Waals surface area contributed by atoms with E-state index in [0.29, 0.717) is 0 Å². The Bertz CT molecular complexity index is 74.8. The molecule has 1 rings (SSSR count). The molecule has 0 amide bonds. The van der Waals surface area contributed by atoms with E-state index in [0.717, 1.165) is 6.40 Å². The van der Waals surface area contributed by atoms with Crippen LogP contribution in [0.1, 0.15) is 0 Å². The van der Waals surface area contributed by atoms with Crippen LogP contribution in [0.2, 0.25) is 0 Å². The highest BCUT2D eigenvalue weighted by molar-refractivity contribution is 5.44. The zero-order valence-corrected chi connectivity index (χ0v) is 2.74. The third-order valence-corrected chi connectivity index (χ3v) is 0.255. The average molecular weight is 87.0 g/mol. The van der Waals surface area contributed by atoms with Crippen LogP contribution in [0, 0.1) is 0 Å². The molecule has 5 nitrogen and oxygen atoms in total. The lowest BCUT2D eigenvalue weighted by atomic mass is 11.5. The maximum Gasteiger partial charge on any atom is 0.257 e. The molecule has 32 valence electrons. The van der Waals surface area contributed by atoms with E-state index in [2.05, 4.69) is 25.5 Å². The third kappa shape index (κ3) is 0.423. The fourth-order valence-electron chi connectivity index (χ4n) is 0.115. The maximum absolute atomic E-state index is 4.02. The zero-order valence-electron chi connectivity index (χ0n) is 2.74. The second-order valence-corrected chi connectivity index (χ2v) is 0.563. The van der Waals surface area contributed by atoms with Gasteiger partial charge in [-0.05, 0) is 5.22 Å². The summed E-state index contributed by atoms with van der Waals surface area (Å²) in [5.74, 6) is 0.